The van der Waals surface area contributed by atoms with Gasteiger partial charge in [-0.3, -0.25) is 19.8 Å². The number of carbonyl (C=O) groups excluding carboxylic acids is 1. The first kappa shape index (κ1) is 19.3. The number of benzene rings is 3. The van der Waals surface area contributed by atoms with Crippen LogP contribution in [-0.4, -0.2) is 29.9 Å². The number of ether oxygens (including phenoxy) is 1. The average molecular weight is 379 g/mol. The topological polar surface area (TPSA) is 98.7 Å². The normalized spacial score (nSPS) is 11.0. The Morgan fingerprint density at radius 2 is 1.79 bits per heavy atom. The number of hydrogen-bond donors (Lipinski definition) is 1. The Hall–Kier alpha value is -3.45. The molecule has 1 amide bonds. The number of methoxy groups -OCH3 is 1. The first-order chi connectivity index (χ1) is 13.4. The highest BCUT2D eigenvalue weighted by Crippen LogP contribution is 2.24. The quantitative estimate of drug-likeness (QED) is 0.500. The molecule has 0 aliphatic heterocycles. The lowest BCUT2D eigenvalue weighted by atomic mass is 10.1. The summed E-state index contributed by atoms with van der Waals surface area (Å²) in [6.45, 7) is 0.993. The van der Waals surface area contributed by atoms with E-state index >= 15 is 0 Å². The third-order valence-corrected chi connectivity index (χ3v) is 4.57. The largest absolute Gasteiger partial charge is 0.497 e. The zero-order valence-electron chi connectivity index (χ0n) is 15.7. The van der Waals surface area contributed by atoms with E-state index in [1.165, 1.54) is 12.1 Å². The molecular formula is C21H21N3O4. The van der Waals surface area contributed by atoms with Crippen molar-refractivity contribution >= 4 is 22.4 Å². The van der Waals surface area contributed by atoms with E-state index in [4.69, 9.17) is 10.5 Å². The summed E-state index contributed by atoms with van der Waals surface area (Å²) in [6, 6.07) is 16.4. The third kappa shape index (κ3) is 4.27. The number of rotatable bonds is 7. The molecule has 3 aromatic rings. The Bertz CT molecular complexity index is 1050. The first-order valence-electron chi connectivity index (χ1n) is 8.69. The number of nitrogens with zero attached hydrogens (tertiary/aromatic N) is 2. The molecule has 3 aromatic carbocycles. The van der Waals surface area contributed by atoms with Gasteiger partial charge in [0.15, 0.2) is 0 Å². The van der Waals surface area contributed by atoms with Gasteiger partial charge in [0.1, 0.15) is 5.75 Å². The summed E-state index contributed by atoms with van der Waals surface area (Å²) in [6.07, 6.45) is 0. The molecule has 0 spiro atoms. The van der Waals surface area contributed by atoms with Crippen LogP contribution in [0.25, 0.3) is 10.8 Å². The van der Waals surface area contributed by atoms with Gasteiger partial charge in [-0.15, -0.1) is 0 Å². The highest BCUT2D eigenvalue weighted by molar-refractivity contribution is 5.93. The van der Waals surface area contributed by atoms with Crippen molar-refractivity contribution in [1.82, 2.24) is 4.90 Å². The van der Waals surface area contributed by atoms with E-state index in [0.717, 1.165) is 22.1 Å². The summed E-state index contributed by atoms with van der Waals surface area (Å²) in [5.74, 6) is 0.125. The number of nitro groups is 1. The smallest absolute Gasteiger partial charge is 0.274 e. The Kier molecular flexibility index (Phi) is 5.56. The second-order valence-corrected chi connectivity index (χ2v) is 6.68. The molecule has 0 saturated heterocycles. The van der Waals surface area contributed by atoms with Crippen molar-refractivity contribution in [1.29, 1.82) is 0 Å². The predicted octanol–water partition coefficient (Wildman–Crippen LogP) is 3.49. The van der Waals surface area contributed by atoms with E-state index in [9.17, 15) is 14.9 Å². The zero-order valence-corrected chi connectivity index (χ0v) is 15.7. The van der Waals surface area contributed by atoms with Gasteiger partial charge in [-0.1, -0.05) is 24.3 Å². The van der Waals surface area contributed by atoms with Crippen molar-refractivity contribution in [2.24, 2.45) is 5.73 Å². The van der Waals surface area contributed by atoms with E-state index in [1.807, 2.05) is 42.3 Å². The fourth-order valence-electron chi connectivity index (χ4n) is 3.18. The van der Waals surface area contributed by atoms with Gasteiger partial charge in [-0.05, 0) is 47.6 Å². The van der Waals surface area contributed by atoms with E-state index in [0.29, 0.717) is 18.7 Å². The van der Waals surface area contributed by atoms with Gasteiger partial charge >= 0.3 is 0 Å². The molecule has 28 heavy (non-hydrogen) atoms. The van der Waals surface area contributed by atoms with Gasteiger partial charge < -0.3 is 10.5 Å². The van der Waals surface area contributed by atoms with Crippen LogP contribution in [0.4, 0.5) is 5.69 Å². The van der Waals surface area contributed by atoms with Crippen molar-refractivity contribution in [3.63, 3.8) is 0 Å². The Labute approximate surface area is 162 Å². The van der Waals surface area contributed by atoms with E-state index < -0.39 is 10.8 Å². The van der Waals surface area contributed by atoms with Crippen LogP contribution in [0.15, 0.2) is 54.6 Å². The van der Waals surface area contributed by atoms with E-state index in [2.05, 4.69) is 6.07 Å². The minimum absolute atomic E-state index is 0.103. The molecular weight excluding hydrogens is 358 g/mol. The molecule has 7 nitrogen and oxygen atoms in total. The minimum atomic E-state index is -0.684. The van der Waals surface area contributed by atoms with Gasteiger partial charge in [0.2, 0.25) is 5.91 Å². The molecule has 3 rings (SSSR count). The molecule has 2 N–H and O–H groups in total. The fraction of sp³-hybridized carbons (Fsp3) is 0.190. The second-order valence-electron chi connectivity index (χ2n) is 6.68. The lowest BCUT2D eigenvalue weighted by Gasteiger charge is -2.17. The van der Waals surface area contributed by atoms with Crippen LogP contribution in [0.2, 0.25) is 0 Å². The first-order valence-corrected chi connectivity index (χ1v) is 8.69. The molecule has 0 atom stereocenters. The third-order valence-electron chi connectivity index (χ3n) is 4.57. The summed E-state index contributed by atoms with van der Waals surface area (Å²) in [5.41, 5.74) is 6.87. The van der Waals surface area contributed by atoms with Gasteiger partial charge in [0.05, 0.1) is 12.0 Å². The lowest BCUT2D eigenvalue weighted by Crippen LogP contribution is -2.18. The number of fused-ring (bicyclic) bond motifs is 1. The SMILES string of the molecule is COc1ccc2cc(CN(C)Cc3ccc(C(N)=O)cc3[N+](=O)[O-])ccc2c1. The molecule has 0 heterocycles. The molecule has 7 heteroatoms. The molecule has 0 aliphatic rings. The van der Waals surface area contributed by atoms with Crippen molar-refractivity contribution in [2.75, 3.05) is 14.2 Å². The van der Waals surface area contributed by atoms with Crippen LogP contribution in [0.1, 0.15) is 21.5 Å². The van der Waals surface area contributed by atoms with Crippen molar-refractivity contribution in [3.8, 4) is 5.75 Å². The van der Waals surface area contributed by atoms with Crippen LogP contribution in [0, 0.1) is 10.1 Å². The van der Waals surface area contributed by atoms with E-state index in [1.54, 1.807) is 13.2 Å². The van der Waals surface area contributed by atoms with Crippen molar-refractivity contribution in [3.05, 3.63) is 81.4 Å². The predicted molar refractivity (Wildman–Crippen MR) is 107 cm³/mol. The van der Waals surface area contributed by atoms with Gasteiger partial charge in [0, 0.05) is 30.3 Å². The summed E-state index contributed by atoms with van der Waals surface area (Å²) < 4.78 is 5.24. The number of hydrogen-bond acceptors (Lipinski definition) is 5. The van der Waals surface area contributed by atoms with Crippen LogP contribution in [0.5, 0.6) is 5.75 Å². The average Bonchev–Trinajstić information content (AvgIpc) is 2.67. The Morgan fingerprint density at radius 1 is 1.07 bits per heavy atom. The number of nitrogens with two attached hydrogens (primary N) is 1. The van der Waals surface area contributed by atoms with Crippen LogP contribution < -0.4 is 10.5 Å². The molecule has 0 radical (unpaired) electrons. The van der Waals surface area contributed by atoms with E-state index in [-0.39, 0.29) is 11.3 Å². The fourth-order valence-corrected chi connectivity index (χ4v) is 3.18. The summed E-state index contributed by atoms with van der Waals surface area (Å²) >= 11 is 0. The summed E-state index contributed by atoms with van der Waals surface area (Å²) in [4.78, 5) is 24.1. The Morgan fingerprint density at radius 3 is 2.46 bits per heavy atom. The maximum absolute atomic E-state index is 11.4. The monoisotopic (exact) mass is 379 g/mol. The Balaban J connectivity index is 1.78. The van der Waals surface area contributed by atoms with Crippen molar-refractivity contribution < 1.29 is 14.5 Å². The molecule has 0 aliphatic carbocycles. The summed E-state index contributed by atoms with van der Waals surface area (Å²) in [5, 5.41) is 13.5. The number of nitro benzene ring substituents is 1. The number of primary amides is 1. The maximum atomic E-state index is 11.4. The van der Waals surface area contributed by atoms with Crippen LogP contribution in [-0.2, 0) is 13.1 Å². The molecule has 144 valence electrons. The zero-order chi connectivity index (χ0) is 20.3. The lowest BCUT2D eigenvalue weighted by molar-refractivity contribution is -0.385. The van der Waals surface area contributed by atoms with Gasteiger partial charge in [-0.25, -0.2) is 0 Å². The molecule has 0 fully saturated rings. The number of amides is 1. The molecule has 0 saturated carbocycles. The minimum Gasteiger partial charge on any atom is -0.497 e. The van der Waals surface area contributed by atoms with Crippen LogP contribution >= 0.6 is 0 Å². The maximum Gasteiger partial charge on any atom is 0.274 e. The highest BCUT2D eigenvalue weighted by Gasteiger charge is 2.17. The molecule has 0 aromatic heterocycles. The van der Waals surface area contributed by atoms with Crippen LogP contribution in [0.3, 0.4) is 0 Å². The second kappa shape index (κ2) is 8.06. The molecule has 0 bridgehead atoms. The van der Waals surface area contributed by atoms with Gasteiger partial charge in [-0.2, -0.15) is 0 Å². The highest BCUT2D eigenvalue weighted by atomic mass is 16.6. The standard InChI is InChI=1S/C21H21N3O4/c1-23(13-18-6-5-17(21(22)25)11-20(18)24(26)27)12-14-3-4-16-10-19(28-2)8-7-15(16)9-14/h3-11H,12-13H2,1-2H3,(H2,22,25). The summed E-state index contributed by atoms with van der Waals surface area (Å²) in [7, 11) is 3.53. The molecule has 0 unspecified atom stereocenters. The number of carbonyl (C=O) groups is 1. The van der Waals surface area contributed by atoms with Gasteiger partial charge in [0.25, 0.3) is 5.69 Å². The van der Waals surface area contributed by atoms with Crippen molar-refractivity contribution in [2.45, 2.75) is 13.1 Å².